The van der Waals surface area contributed by atoms with Gasteiger partial charge in [0.05, 0.1) is 21.6 Å². The number of nitrogens with zero attached hydrogens (tertiary/aromatic N) is 2. The fraction of sp³-hybridized carbons (Fsp3) is 0.409. The van der Waals surface area contributed by atoms with E-state index in [1.165, 1.54) is 0 Å². The lowest BCUT2D eigenvalue weighted by molar-refractivity contribution is -0.141. The Morgan fingerprint density at radius 3 is 2.19 bits per heavy atom. The van der Waals surface area contributed by atoms with Crippen LogP contribution in [0.4, 0.5) is 4.39 Å². The molecule has 1 aromatic heterocycles. The van der Waals surface area contributed by atoms with Gasteiger partial charge in [0.25, 0.3) is 5.88 Å². The third-order valence-electron chi connectivity index (χ3n) is 12.7. The van der Waals surface area contributed by atoms with Gasteiger partial charge in [-0.15, -0.1) is 0 Å². The van der Waals surface area contributed by atoms with E-state index in [4.69, 9.17) is 18.4 Å². The van der Waals surface area contributed by atoms with E-state index in [1.54, 1.807) is 0 Å². The molecule has 0 spiro atoms. The average molecular weight is 858 g/mol. The highest BCUT2D eigenvalue weighted by molar-refractivity contribution is 9.10. The molecule has 2 heterocycles. The fourth-order valence-electron chi connectivity index (χ4n) is 8.84. The van der Waals surface area contributed by atoms with Crippen molar-refractivity contribution in [2.24, 2.45) is 11.8 Å². The first kappa shape index (κ1) is 39.4. The minimum absolute atomic E-state index is 0.0146. The molecule has 0 unspecified atom stereocenters. The zero-order valence-corrected chi connectivity index (χ0v) is 35.3. The molecule has 298 valence electrons. The largest absolute Gasteiger partial charge is 0.507 e. The number of rotatable bonds is 10. The van der Waals surface area contributed by atoms with Crippen molar-refractivity contribution in [2.75, 3.05) is 13.1 Å². The number of carbonyl (C=O) groups excluding carboxylic acids is 3. The Morgan fingerprint density at radius 1 is 0.982 bits per heavy atom. The maximum absolute atomic E-state index is 16.5. The number of aldehydes is 1. The summed E-state index contributed by atoms with van der Waals surface area (Å²) in [7, 11) is -2.98. The van der Waals surface area contributed by atoms with Crippen LogP contribution in [0.3, 0.4) is 0 Å². The van der Waals surface area contributed by atoms with Crippen molar-refractivity contribution < 1.29 is 42.3 Å². The highest BCUT2D eigenvalue weighted by Crippen LogP contribution is 2.60. The first-order valence-corrected chi connectivity index (χ1v) is 23.2. The Morgan fingerprint density at radius 2 is 1.60 bits per heavy atom. The Hall–Kier alpha value is -4.43. The number of benzene rings is 3. The van der Waals surface area contributed by atoms with E-state index in [-0.39, 0.29) is 70.0 Å². The van der Waals surface area contributed by atoms with Crippen LogP contribution >= 0.6 is 15.9 Å². The number of Topliss-reactive ketones (excluding diaryl/α,β-unsaturated/α-hetero) is 2. The number of halogens is 2. The fourth-order valence-corrected chi connectivity index (χ4v) is 10.9. The molecule has 2 fully saturated rings. The van der Waals surface area contributed by atoms with Crippen molar-refractivity contribution in [2.45, 2.75) is 89.4 Å². The number of ether oxygens (including phenoxy) is 2. The first-order valence-electron chi connectivity index (χ1n) is 19.5. The topological polar surface area (TPSA) is 128 Å². The van der Waals surface area contributed by atoms with Gasteiger partial charge < -0.3 is 23.5 Å². The zero-order valence-electron chi connectivity index (χ0n) is 32.7. The van der Waals surface area contributed by atoms with Crippen LogP contribution in [0.2, 0.25) is 18.1 Å². The summed E-state index contributed by atoms with van der Waals surface area (Å²) >= 11 is 3.39. The number of ketones is 2. The van der Waals surface area contributed by atoms with E-state index in [9.17, 15) is 9.90 Å². The molecule has 4 atom stereocenters. The summed E-state index contributed by atoms with van der Waals surface area (Å²) < 4.78 is 42.3. The number of hydrogen-bond acceptors (Lipinski definition) is 10. The molecule has 8 rings (SSSR count). The van der Waals surface area contributed by atoms with E-state index in [0.29, 0.717) is 25.1 Å². The predicted molar refractivity (Wildman–Crippen MR) is 216 cm³/mol. The molecule has 1 saturated carbocycles. The summed E-state index contributed by atoms with van der Waals surface area (Å²) in [6.45, 7) is 11.6. The standard InChI is InChI=1S/C44H46BrFN2O8Si/c1-43(2,3)57(4,5)56-44-30(36(48-18-12-13-19-48)39-33(41(44)52)42(47-55-39)54-24-26-16-10-7-11-17-26)21-27-20-28-32(37(50)31(27)40(44)51)38(34(45)29(22-49)35(28)46)53-23-25-14-8-6-9-15-25/h6-11,14-17,22,27,30,36,50H,12-13,18-21,23-24H2,1-5H3/t27-,30-,36-,44-/m0/s1. The highest BCUT2D eigenvalue weighted by Gasteiger charge is 2.69. The minimum Gasteiger partial charge on any atom is -0.507 e. The molecule has 1 aliphatic heterocycles. The van der Waals surface area contributed by atoms with Crippen LogP contribution < -0.4 is 9.47 Å². The molecule has 1 saturated heterocycles. The molecular weight excluding hydrogens is 811 g/mol. The summed E-state index contributed by atoms with van der Waals surface area (Å²) in [5, 5.41) is 16.3. The lowest BCUT2D eigenvalue weighted by Crippen LogP contribution is -2.68. The second-order valence-corrected chi connectivity index (χ2v) is 22.6. The maximum atomic E-state index is 16.5. The predicted octanol–water partition coefficient (Wildman–Crippen LogP) is 9.37. The molecule has 0 amide bonds. The van der Waals surface area contributed by atoms with Gasteiger partial charge in [-0.25, -0.2) is 4.39 Å². The molecule has 10 nitrogen and oxygen atoms in total. The van der Waals surface area contributed by atoms with E-state index in [1.807, 2.05) is 94.5 Å². The summed E-state index contributed by atoms with van der Waals surface area (Å²) in [5.41, 5.74) is -0.610. The lowest BCUT2D eigenvalue weighted by atomic mass is 9.57. The Kier molecular flexibility index (Phi) is 10.2. The molecule has 57 heavy (non-hydrogen) atoms. The number of aliphatic hydroxyl groups excluding tert-OH is 1. The van der Waals surface area contributed by atoms with Crippen LogP contribution in [0.15, 0.2) is 75.2 Å². The number of aliphatic hydroxyl groups is 1. The Labute approximate surface area is 340 Å². The number of hydrogen-bond donors (Lipinski definition) is 1. The summed E-state index contributed by atoms with van der Waals surface area (Å²) in [4.78, 5) is 46.1. The van der Waals surface area contributed by atoms with Crippen molar-refractivity contribution >= 4 is 47.9 Å². The van der Waals surface area contributed by atoms with Gasteiger partial charge in [-0.05, 0) is 95.0 Å². The number of carbonyl (C=O) groups is 3. The van der Waals surface area contributed by atoms with Crippen LogP contribution in [-0.4, -0.2) is 60.0 Å². The molecule has 3 aromatic carbocycles. The van der Waals surface area contributed by atoms with Gasteiger partial charge in [-0.3, -0.25) is 19.3 Å². The number of aromatic nitrogens is 1. The second-order valence-electron chi connectivity index (χ2n) is 17.1. The van der Waals surface area contributed by atoms with Gasteiger partial charge in [0, 0.05) is 17.1 Å². The summed E-state index contributed by atoms with van der Waals surface area (Å²) in [6.07, 6.45) is 2.39. The van der Waals surface area contributed by atoms with Gasteiger partial charge in [0.1, 0.15) is 36.1 Å². The van der Waals surface area contributed by atoms with Crippen molar-refractivity contribution in [3.8, 4) is 11.6 Å². The Balaban J connectivity index is 1.33. The van der Waals surface area contributed by atoms with Crippen LogP contribution in [0.5, 0.6) is 11.6 Å². The first-order chi connectivity index (χ1) is 27.2. The molecule has 4 aromatic rings. The highest BCUT2D eigenvalue weighted by atomic mass is 79.9. The maximum Gasteiger partial charge on any atom is 0.265 e. The van der Waals surface area contributed by atoms with Gasteiger partial charge in [0.2, 0.25) is 11.6 Å². The van der Waals surface area contributed by atoms with E-state index in [2.05, 4.69) is 26.0 Å². The van der Waals surface area contributed by atoms with Crippen molar-refractivity contribution in [1.82, 2.24) is 10.1 Å². The van der Waals surface area contributed by atoms with E-state index in [0.717, 1.165) is 24.0 Å². The summed E-state index contributed by atoms with van der Waals surface area (Å²) in [5.74, 6) is -3.77. The third kappa shape index (κ3) is 6.41. The second kappa shape index (κ2) is 14.7. The van der Waals surface area contributed by atoms with Gasteiger partial charge in [0.15, 0.2) is 26.0 Å². The van der Waals surface area contributed by atoms with Crippen LogP contribution in [0.25, 0.3) is 5.76 Å². The molecule has 1 N–H and O–H groups in total. The van der Waals surface area contributed by atoms with Gasteiger partial charge >= 0.3 is 0 Å². The monoisotopic (exact) mass is 856 g/mol. The quantitative estimate of drug-likeness (QED) is 0.0936. The molecule has 3 aliphatic carbocycles. The third-order valence-corrected chi connectivity index (χ3v) is 17.9. The average Bonchev–Trinajstić information content (AvgIpc) is 3.87. The van der Waals surface area contributed by atoms with Gasteiger partial charge in [-0.2, -0.15) is 0 Å². The van der Waals surface area contributed by atoms with Crippen molar-refractivity contribution in [3.05, 3.63) is 116 Å². The Bertz CT molecular complexity index is 2280. The SMILES string of the molecule is CC(C)(C)[Si](C)(C)O[C@]12C(=O)C3=C(O)c4c(c(F)c(C=O)c(Br)c4OCc4ccccc4)C[C@H]3C[C@H]1[C@H](N1CCCC1)c1onc(OCc3ccccc3)c1C2=O. The number of fused-ring (bicyclic) bond motifs is 4. The van der Waals surface area contributed by atoms with Crippen molar-refractivity contribution in [3.63, 3.8) is 0 Å². The zero-order chi connectivity index (χ0) is 40.4. The smallest absolute Gasteiger partial charge is 0.265 e. The molecular formula is C44H46BrFN2O8Si. The van der Waals surface area contributed by atoms with Crippen molar-refractivity contribution in [1.29, 1.82) is 0 Å². The van der Waals surface area contributed by atoms with Crippen LogP contribution in [0.1, 0.15) is 94.8 Å². The van der Waals surface area contributed by atoms with Crippen LogP contribution in [-0.2, 0) is 28.9 Å². The molecule has 4 aliphatic rings. The number of likely N-dealkylation sites (tertiary alicyclic amines) is 1. The lowest BCUT2D eigenvalue weighted by Gasteiger charge is -2.55. The minimum atomic E-state index is -2.98. The molecule has 0 radical (unpaired) electrons. The van der Waals surface area contributed by atoms with Gasteiger partial charge in [-0.1, -0.05) is 81.4 Å². The summed E-state index contributed by atoms with van der Waals surface area (Å²) in [6, 6.07) is 18.1. The van der Waals surface area contributed by atoms with E-state index >= 15 is 14.0 Å². The normalized spacial score (nSPS) is 23.5. The van der Waals surface area contributed by atoms with E-state index < -0.39 is 60.0 Å². The molecule has 0 bridgehead atoms. The molecule has 13 heteroatoms. The van der Waals surface area contributed by atoms with Crippen LogP contribution in [0, 0.1) is 17.7 Å².